The Labute approximate surface area is 549 Å². The third-order valence-corrected chi connectivity index (χ3v) is 10.8. The second-order valence-electron chi connectivity index (χ2n) is 19.2. The zero-order valence-corrected chi connectivity index (χ0v) is 53.8. The van der Waals surface area contributed by atoms with E-state index in [0.717, 1.165) is 22.3 Å². The number of rotatable bonds is 24. The minimum Gasteiger partial charge on any atom is -0.373 e. The zero-order chi connectivity index (χ0) is 66.0. The SMILES string of the molecule is CC(C)=O.CC(C)=O.F[P-](F)(F)(F)(F)F.F[P-](F)(F)(F)(F)F.[Ag+].[Ag+].c1cc(COCC(n2cccn2)n2cccn2)cc(COCC(n2cccn2)n2cccn2)c1.c1cc(COCC(n2cccn2)n2cccn2)cc(COCC(n2cccn2)n2cccn2)c1. The van der Waals surface area contributed by atoms with Crippen LogP contribution in [0.2, 0.25) is 0 Å². The Bertz CT molecular complexity index is 3000. The van der Waals surface area contributed by atoms with E-state index in [1.807, 2.05) is 148 Å². The van der Waals surface area contributed by atoms with Crippen LogP contribution < -0.4 is 0 Å². The van der Waals surface area contributed by atoms with Crippen LogP contribution in [-0.4, -0.2) is 116 Å². The molecule has 8 aromatic heterocycles. The average Bonchev–Trinajstić information content (AvgIpc) is 1.24. The molecule has 0 unspecified atom stereocenters. The summed E-state index contributed by atoms with van der Waals surface area (Å²) in [4.78, 5) is 18.9. The first-order chi connectivity index (χ1) is 42.1. The van der Waals surface area contributed by atoms with Crippen LogP contribution in [0.4, 0.5) is 50.4 Å². The first-order valence-corrected chi connectivity index (χ1v) is 30.6. The van der Waals surface area contributed by atoms with Gasteiger partial charge >= 0.3 is 111 Å². The van der Waals surface area contributed by atoms with E-state index in [4.69, 9.17) is 18.9 Å². The van der Waals surface area contributed by atoms with Crippen molar-refractivity contribution in [3.05, 3.63) is 218 Å². The quantitative estimate of drug-likeness (QED) is 0.0313. The van der Waals surface area contributed by atoms with Crippen molar-refractivity contribution in [3.63, 3.8) is 0 Å². The molecule has 0 aliphatic carbocycles. The Hall–Kier alpha value is -7.20. The van der Waals surface area contributed by atoms with Gasteiger partial charge in [-0.1, -0.05) is 48.5 Å². The Morgan fingerprint density at radius 1 is 0.326 bits per heavy atom. The van der Waals surface area contributed by atoms with E-state index < -0.39 is 15.6 Å². The van der Waals surface area contributed by atoms with Crippen LogP contribution in [0.25, 0.3) is 0 Å². The van der Waals surface area contributed by atoms with Gasteiger partial charge in [0, 0.05) is 99.1 Å². The normalized spacial score (nSPS) is 12.7. The predicted molar refractivity (Wildman–Crippen MR) is 307 cm³/mol. The minimum atomic E-state index is -10.7. The molecule has 0 saturated carbocycles. The summed E-state index contributed by atoms with van der Waals surface area (Å²) in [6, 6.07) is 31.6. The maximum absolute atomic E-state index is 10.7. The molecule has 0 N–H and O–H groups in total. The monoisotopic (exact) mass is 1540 g/mol. The molecular formula is C54H64Ag2F12N16O6P2. The molecule has 512 valence electrons. The fourth-order valence-electron chi connectivity index (χ4n) is 7.50. The van der Waals surface area contributed by atoms with Crippen LogP contribution in [0.3, 0.4) is 0 Å². The van der Waals surface area contributed by atoms with Crippen molar-refractivity contribution in [1.82, 2.24) is 78.2 Å². The van der Waals surface area contributed by atoms with Gasteiger partial charge in [-0.15, -0.1) is 0 Å². The molecule has 0 bridgehead atoms. The van der Waals surface area contributed by atoms with Crippen molar-refractivity contribution in [3.8, 4) is 0 Å². The van der Waals surface area contributed by atoms with Crippen LogP contribution in [0.5, 0.6) is 0 Å². The molecule has 0 saturated heterocycles. The smallest absolute Gasteiger partial charge is 0.373 e. The molecule has 22 nitrogen and oxygen atoms in total. The molecule has 92 heavy (non-hydrogen) atoms. The minimum absolute atomic E-state index is 0. The zero-order valence-electron chi connectivity index (χ0n) is 49.1. The molecule has 0 spiro atoms. The molecule has 0 aliphatic heterocycles. The third-order valence-electron chi connectivity index (χ3n) is 10.8. The molecule has 8 heterocycles. The van der Waals surface area contributed by atoms with Crippen LogP contribution in [0.1, 0.15) is 74.6 Å². The summed E-state index contributed by atoms with van der Waals surface area (Å²) in [6.45, 7) is 9.82. The standard InChI is InChI=1S/2C24H26N8O2.2C3H6O.2Ag.2F6P/c2*1-6-21(17-33-19-23(29-12-2-8-25-29)30-13-3-9-26-30)16-22(7-1)18-34-20-24(31-14-4-10-27-31)32-15-5-11-28-32;2*1-3(2)4;;;2*1-7(2,3,4,5)6/h2*1-16,23-24H,17-20H2;2*1-2H3;;;;/q;;;;2*+1;2*-1. The van der Waals surface area contributed by atoms with E-state index >= 15 is 0 Å². The maximum Gasteiger partial charge on any atom is 1.00 e. The van der Waals surface area contributed by atoms with Crippen molar-refractivity contribution < 1.29 is 124 Å². The van der Waals surface area contributed by atoms with Crippen molar-refractivity contribution in [2.75, 3.05) is 26.4 Å². The molecule has 0 amide bonds. The Balaban J connectivity index is 0.000000357. The molecule has 10 aromatic rings. The molecule has 0 atom stereocenters. The summed E-state index contributed by atoms with van der Waals surface area (Å²) in [5.41, 5.74) is 4.32. The van der Waals surface area contributed by atoms with Gasteiger partial charge in [0.1, 0.15) is 11.6 Å². The van der Waals surface area contributed by atoms with E-state index in [-0.39, 0.29) is 81.0 Å². The van der Waals surface area contributed by atoms with Gasteiger partial charge in [-0.3, -0.25) is 0 Å². The van der Waals surface area contributed by atoms with Crippen molar-refractivity contribution in [1.29, 1.82) is 0 Å². The second-order valence-corrected chi connectivity index (χ2v) is 23.1. The number of Topliss-reactive ketones (excluding diaryl/α,β-unsaturated/α-hetero) is 2. The summed E-state index contributed by atoms with van der Waals surface area (Å²) < 4.78 is 157. The largest absolute Gasteiger partial charge is 1.00 e. The molecule has 0 aliphatic rings. The van der Waals surface area contributed by atoms with Gasteiger partial charge in [-0.2, -0.15) is 40.8 Å². The second kappa shape index (κ2) is 34.6. The first-order valence-electron chi connectivity index (χ1n) is 26.6. The summed E-state index contributed by atoms with van der Waals surface area (Å²) in [7, 11) is -21.3. The van der Waals surface area contributed by atoms with Crippen LogP contribution >= 0.6 is 15.6 Å². The third kappa shape index (κ3) is 35.6. The number of ketones is 2. The maximum atomic E-state index is 9.87. The van der Waals surface area contributed by atoms with E-state index in [2.05, 4.69) is 77.2 Å². The number of ether oxygens (including phenoxy) is 4. The average molecular weight is 1540 g/mol. The van der Waals surface area contributed by atoms with Gasteiger partial charge in [0.2, 0.25) is 0 Å². The summed E-state index contributed by atoms with van der Waals surface area (Å²) in [5, 5.41) is 34.8. The fourth-order valence-corrected chi connectivity index (χ4v) is 7.50. The number of nitrogens with zero attached hydrogens (tertiary/aromatic N) is 16. The van der Waals surface area contributed by atoms with Crippen LogP contribution in [0, 0.1) is 0 Å². The Morgan fingerprint density at radius 3 is 0.587 bits per heavy atom. The Kier molecular flexibility index (Phi) is 29.8. The first kappa shape index (κ1) is 79.0. The number of halogens is 12. The predicted octanol–water partition coefficient (Wildman–Crippen LogP) is 14.0. The summed E-state index contributed by atoms with van der Waals surface area (Å²) in [5.74, 6) is 0.333. The molecule has 38 heteroatoms. The number of benzene rings is 2. The van der Waals surface area contributed by atoms with Gasteiger partial charge in [0.15, 0.2) is 24.7 Å². The fraction of sp³-hybridized carbons (Fsp3) is 0.296. The van der Waals surface area contributed by atoms with E-state index in [0.29, 0.717) is 52.9 Å². The molecule has 0 radical (unpaired) electrons. The van der Waals surface area contributed by atoms with E-state index in [9.17, 15) is 60.0 Å². The van der Waals surface area contributed by atoms with Gasteiger partial charge in [-0.25, -0.2) is 37.5 Å². The van der Waals surface area contributed by atoms with Crippen LogP contribution in [0.15, 0.2) is 196 Å². The van der Waals surface area contributed by atoms with Crippen molar-refractivity contribution in [2.24, 2.45) is 0 Å². The van der Waals surface area contributed by atoms with Gasteiger partial charge in [0.25, 0.3) is 0 Å². The van der Waals surface area contributed by atoms with Gasteiger partial charge in [-0.05, 0) is 98.5 Å². The summed E-state index contributed by atoms with van der Waals surface area (Å²) in [6.07, 6.45) is 28.7. The van der Waals surface area contributed by atoms with Crippen molar-refractivity contribution in [2.45, 2.75) is 78.8 Å². The number of aromatic nitrogens is 16. The van der Waals surface area contributed by atoms with E-state index in [1.165, 1.54) is 27.7 Å². The number of carbonyl (C=O) groups excluding carboxylic acids is 2. The molecule has 2 aromatic carbocycles. The number of hydrogen-bond acceptors (Lipinski definition) is 14. The van der Waals surface area contributed by atoms with Gasteiger partial charge < -0.3 is 28.5 Å². The number of hydrogen-bond donors (Lipinski definition) is 0. The van der Waals surface area contributed by atoms with Gasteiger partial charge in [0.05, 0.1) is 52.9 Å². The van der Waals surface area contributed by atoms with Crippen LogP contribution in [-0.2, 0) is 99.7 Å². The molecule has 10 rings (SSSR count). The Morgan fingerprint density at radius 2 is 0.467 bits per heavy atom. The van der Waals surface area contributed by atoms with E-state index in [1.54, 1.807) is 49.6 Å². The topological polar surface area (TPSA) is 214 Å². The molecule has 0 fully saturated rings. The molecular weight excluding hydrogens is 1470 g/mol. The summed E-state index contributed by atoms with van der Waals surface area (Å²) >= 11 is 0. The number of carbonyl (C=O) groups is 2. The van der Waals surface area contributed by atoms with Crippen molar-refractivity contribution >= 4 is 27.2 Å².